The van der Waals surface area contributed by atoms with Gasteiger partial charge >= 0.3 is 5.97 Å². The van der Waals surface area contributed by atoms with Gasteiger partial charge in [-0.1, -0.05) is 23.7 Å². The first-order valence-electron chi connectivity index (χ1n) is 12.4. The molecule has 0 aliphatic carbocycles. The van der Waals surface area contributed by atoms with Crippen molar-refractivity contribution in [3.8, 4) is 6.07 Å². The van der Waals surface area contributed by atoms with Crippen LogP contribution < -0.4 is 5.32 Å². The molecule has 0 saturated heterocycles. The van der Waals surface area contributed by atoms with Crippen LogP contribution in [0.1, 0.15) is 39.7 Å². The van der Waals surface area contributed by atoms with Gasteiger partial charge in [0.25, 0.3) is 11.6 Å². The summed E-state index contributed by atoms with van der Waals surface area (Å²) >= 11 is 6.22. The Balaban J connectivity index is 1.55. The van der Waals surface area contributed by atoms with Crippen molar-refractivity contribution in [3.05, 3.63) is 91.7 Å². The fourth-order valence-electron chi connectivity index (χ4n) is 4.39. The molecule has 1 aliphatic rings. The van der Waals surface area contributed by atoms with E-state index in [0.717, 1.165) is 11.3 Å². The average Bonchev–Trinajstić information content (AvgIpc) is 3.33. The molecule has 206 valence electrons. The number of ether oxygens (including phenoxy) is 1. The van der Waals surface area contributed by atoms with Crippen LogP contribution in [0.3, 0.4) is 0 Å². The van der Waals surface area contributed by atoms with Gasteiger partial charge in [-0.05, 0) is 30.7 Å². The number of nitriles is 1. The van der Waals surface area contributed by atoms with E-state index in [1.165, 1.54) is 47.1 Å². The normalized spacial score (nSPS) is 13.1. The number of nitrogens with zero attached hydrogens (tertiary/aromatic N) is 5. The third-order valence-electron chi connectivity index (χ3n) is 6.35. The highest BCUT2D eigenvalue weighted by molar-refractivity contribution is 6.34. The SMILES string of the molecule is CCOC(=O)Cn1cc2c(n1)CCN(C(=O)[C@H](Cc1ccc([N+](=O)[O-])cc1)NC(=O)c1ccc(C#N)cc1Cl)C2. The number of nitro benzene ring substituents is 1. The van der Waals surface area contributed by atoms with E-state index < -0.39 is 22.8 Å². The number of rotatable bonds is 9. The Morgan fingerprint density at radius 2 is 2.00 bits per heavy atom. The van der Waals surface area contributed by atoms with Crippen LogP contribution in [-0.4, -0.2) is 56.6 Å². The summed E-state index contributed by atoms with van der Waals surface area (Å²) < 4.78 is 6.46. The molecule has 13 heteroatoms. The van der Waals surface area contributed by atoms with E-state index in [9.17, 15) is 24.5 Å². The van der Waals surface area contributed by atoms with E-state index in [4.69, 9.17) is 21.6 Å². The zero-order valence-electron chi connectivity index (χ0n) is 21.5. The summed E-state index contributed by atoms with van der Waals surface area (Å²) in [5, 5.41) is 27.4. The maximum absolute atomic E-state index is 13.7. The van der Waals surface area contributed by atoms with Crippen LogP contribution in [-0.2, 0) is 40.3 Å². The molecule has 1 aliphatic heterocycles. The van der Waals surface area contributed by atoms with Crippen molar-refractivity contribution in [1.29, 1.82) is 5.26 Å². The molecule has 0 bridgehead atoms. The van der Waals surface area contributed by atoms with Gasteiger partial charge in [0.05, 0.1) is 39.4 Å². The van der Waals surface area contributed by atoms with Crippen molar-refractivity contribution in [2.75, 3.05) is 13.2 Å². The maximum atomic E-state index is 13.7. The highest BCUT2D eigenvalue weighted by Gasteiger charge is 2.31. The lowest BCUT2D eigenvalue weighted by molar-refractivity contribution is -0.384. The Bertz CT molecular complexity index is 1500. The van der Waals surface area contributed by atoms with Gasteiger partial charge in [-0.25, -0.2) is 0 Å². The monoisotopic (exact) mass is 564 g/mol. The number of halogens is 1. The summed E-state index contributed by atoms with van der Waals surface area (Å²) in [6, 6.07) is 10.9. The van der Waals surface area contributed by atoms with Crippen LogP contribution >= 0.6 is 11.6 Å². The number of aromatic nitrogens is 2. The van der Waals surface area contributed by atoms with E-state index in [2.05, 4.69) is 10.4 Å². The zero-order chi connectivity index (χ0) is 28.8. The van der Waals surface area contributed by atoms with Crippen molar-refractivity contribution in [2.45, 2.75) is 38.9 Å². The summed E-state index contributed by atoms with van der Waals surface area (Å²) in [6.45, 7) is 2.50. The van der Waals surface area contributed by atoms with E-state index in [0.29, 0.717) is 18.5 Å². The predicted molar refractivity (Wildman–Crippen MR) is 142 cm³/mol. The average molecular weight is 565 g/mol. The number of esters is 1. The van der Waals surface area contributed by atoms with Crippen LogP contribution in [0.5, 0.6) is 0 Å². The number of nitro groups is 1. The molecule has 0 unspecified atom stereocenters. The summed E-state index contributed by atoms with van der Waals surface area (Å²) in [7, 11) is 0. The summed E-state index contributed by atoms with van der Waals surface area (Å²) in [5.41, 5.74) is 2.45. The number of nitrogens with one attached hydrogen (secondary N) is 1. The third-order valence-corrected chi connectivity index (χ3v) is 6.66. The van der Waals surface area contributed by atoms with Crippen LogP contribution in [0.25, 0.3) is 0 Å². The van der Waals surface area contributed by atoms with Crippen molar-refractivity contribution in [2.24, 2.45) is 0 Å². The molecule has 1 N–H and O–H groups in total. The number of carbonyl (C=O) groups excluding carboxylic acids is 3. The van der Waals surface area contributed by atoms with E-state index in [1.54, 1.807) is 18.0 Å². The lowest BCUT2D eigenvalue weighted by atomic mass is 10.0. The van der Waals surface area contributed by atoms with Gasteiger partial charge in [0.2, 0.25) is 5.91 Å². The lowest BCUT2D eigenvalue weighted by Gasteiger charge is -2.30. The fourth-order valence-corrected chi connectivity index (χ4v) is 4.66. The summed E-state index contributed by atoms with van der Waals surface area (Å²) in [5.74, 6) is -1.38. The van der Waals surface area contributed by atoms with Crippen LogP contribution in [0, 0.1) is 21.4 Å². The quantitative estimate of drug-likeness (QED) is 0.236. The largest absolute Gasteiger partial charge is 0.465 e. The van der Waals surface area contributed by atoms with Gasteiger partial charge in [-0.15, -0.1) is 0 Å². The topological polar surface area (TPSA) is 160 Å². The van der Waals surface area contributed by atoms with Gasteiger partial charge in [-0.3, -0.25) is 29.2 Å². The number of fused-ring (bicyclic) bond motifs is 1. The molecule has 1 atom stereocenters. The molecule has 2 aromatic carbocycles. The maximum Gasteiger partial charge on any atom is 0.327 e. The Hall–Kier alpha value is -4.76. The van der Waals surface area contributed by atoms with Crippen LogP contribution in [0.15, 0.2) is 48.7 Å². The van der Waals surface area contributed by atoms with Gasteiger partial charge < -0.3 is 15.0 Å². The van der Waals surface area contributed by atoms with Crippen molar-refractivity contribution in [3.63, 3.8) is 0 Å². The molecule has 2 amide bonds. The Kier molecular flexibility index (Phi) is 8.76. The fraction of sp³-hybridized carbons (Fsp3) is 0.296. The number of non-ortho nitro benzene ring substituents is 1. The molecule has 0 saturated carbocycles. The van der Waals surface area contributed by atoms with Crippen LogP contribution in [0.4, 0.5) is 5.69 Å². The molecule has 0 radical (unpaired) electrons. The van der Waals surface area contributed by atoms with Crippen molar-refractivity contribution >= 4 is 35.1 Å². The first-order valence-corrected chi connectivity index (χ1v) is 12.8. The number of amides is 2. The second kappa shape index (κ2) is 12.4. The van der Waals surface area contributed by atoms with Crippen molar-refractivity contribution < 1.29 is 24.0 Å². The molecule has 3 aromatic rings. The van der Waals surface area contributed by atoms with E-state index >= 15 is 0 Å². The van der Waals surface area contributed by atoms with E-state index in [1.807, 2.05) is 6.07 Å². The third kappa shape index (κ3) is 6.62. The van der Waals surface area contributed by atoms with E-state index in [-0.39, 0.29) is 53.9 Å². The molecule has 4 rings (SSSR count). The Morgan fingerprint density at radius 1 is 1.25 bits per heavy atom. The second-order valence-electron chi connectivity index (χ2n) is 9.07. The molecule has 2 heterocycles. The molecular weight excluding hydrogens is 540 g/mol. The minimum Gasteiger partial charge on any atom is -0.465 e. The Labute approximate surface area is 234 Å². The van der Waals surface area contributed by atoms with Crippen molar-refractivity contribution in [1.82, 2.24) is 20.0 Å². The number of hydrogen-bond donors (Lipinski definition) is 1. The smallest absolute Gasteiger partial charge is 0.327 e. The lowest BCUT2D eigenvalue weighted by Crippen LogP contribution is -2.50. The number of carbonyl (C=O) groups is 3. The van der Waals surface area contributed by atoms with Gasteiger partial charge in [0.1, 0.15) is 12.6 Å². The summed E-state index contributed by atoms with van der Waals surface area (Å²) in [4.78, 5) is 50.9. The minimum absolute atomic E-state index is 0.0427. The molecule has 0 spiro atoms. The molecule has 1 aromatic heterocycles. The van der Waals surface area contributed by atoms with Gasteiger partial charge in [-0.2, -0.15) is 10.4 Å². The molecule has 0 fully saturated rings. The number of benzene rings is 2. The highest BCUT2D eigenvalue weighted by atomic mass is 35.5. The second-order valence-corrected chi connectivity index (χ2v) is 9.48. The van der Waals surface area contributed by atoms with Gasteiger partial charge in [0, 0.05) is 49.8 Å². The standard InChI is InChI=1S/C27H25ClN6O6/c1-2-40-25(35)16-33-15-19-14-32(10-9-23(19)31-33)27(37)24(12-17-3-6-20(7-4-17)34(38)39)30-26(36)21-8-5-18(13-29)11-22(21)28/h3-8,11,15,24H,2,9-10,12,14,16H2,1H3,(H,30,36)/t24-/m0/s1. The number of hydrogen-bond acceptors (Lipinski definition) is 8. The Morgan fingerprint density at radius 3 is 2.65 bits per heavy atom. The van der Waals surface area contributed by atoms with Gasteiger partial charge in [0.15, 0.2) is 0 Å². The zero-order valence-corrected chi connectivity index (χ0v) is 22.3. The molecule has 12 nitrogen and oxygen atoms in total. The minimum atomic E-state index is -1.02. The summed E-state index contributed by atoms with van der Waals surface area (Å²) in [6.07, 6.45) is 2.23. The molecule has 40 heavy (non-hydrogen) atoms. The molecular formula is C27H25ClN6O6. The predicted octanol–water partition coefficient (Wildman–Crippen LogP) is 2.81. The van der Waals surface area contributed by atoms with Crippen LogP contribution in [0.2, 0.25) is 5.02 Å². The first-order chi connectivity index (χ1) is 19.2. The first kappa shape index (κ1) is 28.3. The highest BCUT2D eigenvalue weighted by Crippen LogP contribution is 2.22.